The Morgan fingerprint density at radius 1 is 1.12 bits per heavy atom. The Bertz CT molecular complexity index is 555. The first-order chi connectivity index (χ1) is 12.0. The van der Waals surface area contributed by atoms with Gasteiger partial charge in [-0.3, -0.25) is 9.59 Å². The third-order valence-corrected chi connectivity index (χ3v) is 4.96. The van der Waals surface area contributed by atoms with Crippen LogP contribution in [0.3, 0.4) is 0 Å². The summed E-state index contributed by atoms with van der Waals surface area (Å²) in [5.41, 5.74) is 0.698. The van der Waals surface area contributed by atoms with Gasteiger partial charge >= 0.3 is 0 Å². The first-order valence-electron chi connectivity index (χ1n) is 9.19. The molecule has 25 heavy (non-hydrogen) atoms. The molecule has 1 fully saturated rings. The summed E-state index contributed by atoms with van der Waals surface area (Å²) in [6.45, 7) is 2.29. The SMILES string of the molecule is CC(CO)(CNC(=O)CNC(=O)CC1CCCC1)Cc1ccccc1. The Balaban J connectivity index is 1.70. The third-order valence-electron chi connectivity index (χ3n) is 4.96. The number of nitrogens with one attached hydrogen (secondary N) is 2. The number of hydrogen-bond donors (Lipinski definition) is 3. The van der Waals surface area contributed by atoms with Gasteiger partial charge in [0.15, 0.2) is 0 Å². The smallest absolute Gasteiger partial charge is 0.239 e. The maximum atomic E-state index is 12.0. The van der Waals surface area contributed by atoms with Crippen LogP contribution >= 0.6 is 0 Å². The number of aliphatic hydroxyl groups excluding tert-OH is 1. The monoisotopic (exact) mass is 346 g/mol. The maximum absolute atomic E-state index is 12.0. The number of amides is 2. The molecule has 3 N–H and O–H groups in total. The van der Waals surface area contributed by atoms with Crippen molar-refractivity contribution in [1.29, 1.82) is 0 Å². The minimum atomic E-state index is -0.426. The highest BCUT2D eigenvalue weighted by Gasteiger charge is 2.25. The van der Waals surface area contributed by atoms with Crippen LogP contribution in [0.1, 0.15) is 44.6 Å². The van der Waals surface area contributed by atoms with E-state index in [0.717, 1.165) is 18.4 Å². The molecular weight excluding hydrogens is 316 g/mol. The molecule has 0 aliphatic heterocycles. The van der Waals surface area contributed by atoms with Crippen LogP contribution in [0, 0.1) is 11.3 Å². The van der Waals surface area contributed by atoms with Crippen molar-refractivity contribution < 1.29 is 14.7 Å². The number of carbonyl (C=O) groups is 2. The second kappa shape index (κ2) is 9.56. The van der Waals surface area contributed by atoms with Crippen LogP contribution < -0.4 is 10.6 Å². The molecule has 1 aliphatic rings. The standard InChI is InChI=1S/C20H30N2O3/c1-20(15-23,12-17-9-3-2-4-10-17)14-22-19(25)13-21-18(24)11-16-7-5-6-8-16/h2-4,9-10,16,23H,5-8,11-15H2,1H3,(H,21,24)(H,22,25). The van der Waals surface area contributed by atoms with Gasteiger partial charge in [0.2, 0.25) is 11.8 Å². The van der Waals surface area contributed by atoms with Crippen molar-refractivity contribution in [3.8, 4) is 0 Å². The highest BCUT2D eigenvalue weighted by atomic mass is 16.3. The van der Waals surface area contributed by atoms with Crippen molar-refractivity contribution in [2.45, 2.75) is 45.4 Å². The van der Waals surface area contributed by atoms with Gasteiger partial charge in [-0.2, -0.15) is 0 Å². The van der Waals surface area contributed by atoms with Crippen LogP contribution in [0.5, 0.6) is 0 Å². The van der Waals surface area contributed by atoms with E-state index in [1.54, 1.807) is 0 Å². The second-order valence-corrected chi connectivity index (χ2v) is 7.54. The lowest BCUT2D eigenvalue weighted by Gasteiger charge is -2.27. The lowest BCUT2D eigenvalue weighted by atomic mass is 9.84. The zero-order chi connectivity index (χ0) is 18.1. The molecule has 1 aliphatic carbocycles. The van der Waals surface area contributed by atoms with Crippen molar-refractivity contribution in [3.63, 3.8) is 0 Å². The zero-order valence-corrected chi connectivity index (χ0v) is 15.1. The molecule has 138 valence electrons. The first-order valence-corrected chi connectivity index (χ1v) is 9.19. The summed E-state index contributed by atoms with van der Waals surface area (Å²) in [6.07, 6.45) is 5.86. The fourth-order valence-corrected chi connectivity index (χ4v) is 3.37. The van der Waals surface area contributed by atoms with Gasteiger partial charge in [-0.25, -0.2) is 0 Å². The Labute approximate surface area is 150 Å². The Hall–Kier alpha value is -1.88. The molecule has 1 aromatic carbocycles. The summed E-state index contributed by atoms with van der Waals surface area (Å²) < 4.78 is 0. The van der Waals surface area contributed by atoms with Crippen LogP contribution in [-0.4, -0.2) is 36.6 Å². The number of benzene rings is 1. The summed E-state index contributed by atoms with van der Waals surface area (Å²) in [4.78, 5) is 23.9. The quantitative estimate of drug-likeness (QED) is 0.640. The normalized spacial score (nSPS) is 17.0. The average molecular weight is 346 g/mol. The minimum absolute atomic E-state index is 0.00159. The predicted molar refractivity (Wildman–Crippen MR) is 97.9 cm³/mol. The van der Waals surface area contributed by atoms with E-state index in [1.165, 1.54) is 12.8 Å². The van der Waals surface area contributed by atoms with Crippen molar-refractivity contribution in [2.75, 3.05) is 19.7 Å². The average Bonchev–Trinajstić information content (AvgIpc) is 3.12. The number of rotatable bonds is 9. The number of aliphatic hydroxyl groups is 1. The fraction of sp³-hybridized carbons (Fsp3) is 0.600. The fourth-order valence-electron chi connectivity index (χ4n) is 3.37. The first kappa shape index (κ1) is 19.4. The van der Waals surface area contributed by atoms with Gasteiger partial charge in [0, 0.05) is 18.4 Å². The van der Waals surface area contributed by atoms with Crippen molar-refractivity contribution in [3.05, 3.63) is 35.9 Å². The molecule has 0 aromatic heterocycles. The molecule has 5 nitrogen and oxygen atoms in total. The molecule has 1 aromatic rings. The van der Waals surface area contributed by atoms with Crippen LogP contribution in [0.4, 0.5) is 0 Å². The Morgan fingerprint density at radius 2 is 1.80 bits per heavy atom. The van der Waals surface area contributed by atoms with E-state index in [4.69, 9.17) is 0 Å². The van der Waals surface area contributed by atoms with Gasteiger partial charge in [-0.15, -0.1) is 0 Å². The summed E-state index contributed by atoms with van der Waals surface area (Å²) in [5, 5.41) is 15.2. The van der Waals surface area contributed by atoms with Crippen LogP contribution in [-0.2, 0) is 16.0 Å². The van der Waals surface area contributed by atoms with Crippen molar-refractivity contribution in [1.82, 2.24) is 10.6 Å². The molecule has 0 bridgehead atoms. The van der Waals surface area contributed by atoms with Crippen molar-refractivity contribution >= 4 is 11.8 Å². The van der Waals surface area contributed by atoms with Gasteiger partial charge in [0.05, 0.1) is 13.2 Å². The zero-order valence-electron chi connectivity index (χ0n) is 15.1. The molecular formula is C20H30N2O3. The van der Waals surface area contributed by atoms with Gasteiger partial charge in [0.1, 0.15) is 0 Å². The lowest BCUT2D eigenvalue weighted by Crippen LogP contribution is -2.43. The van der Waals surface area contributed by atoms with Crippen LogP contribution in [0.25, 0.3) is 0 Å². The van der Waals surface area contributed by atoms with Gasteiger partial charge in [-0.05, 0) is 30.7 Å². The maximum Gasteiger partial charge on any atom is 0.239 e. The molecule has 2 amide bonds. The lowest BCUT2D eigenvalue weighted by molar-refractivity contribution is -0.126. The minimum Gasteiger partial charge on any atom is -0.396 e. The van der Waals surface area contributed by atoms with E-state index in [1.807, 2.05) is 37.3 Å². The van der Waals surface area contributed by atoms with Crippen LogP contribution in [0.15, 0.2) is 30.3 Å². The Morgan fingerprint density at radius 3 is 2.44 bits per heavy atom. The molecule has 0 saturated heterocycles. The topological polar surface area (TPSA) is 78.4 Å². The van der Waals surface area contributed by atoms with E-state index in [-0.39, 0.29) is 25.0 Å². The van der Waals surface area contributed by atoms with E-state index >= 15 is 0 Å². The highest BCUT2D eigenvalue weighted by Crippen LogP contribution is 2.27. The predicted octanol–water partition coefficient (Wildman–Crippen LogP) is 2.04. The molecule has 5 heteroatoms. The van der Waals surface area contributed by atoms with E-state index in [0.29, 0.717) is 25.3 Å². The Kier molecular flexibility index (Phi) is 7.44. The van der Waals surface area contributed by atoms with E-state index in [9.17, 15) is 14.7 Å². The molecule has 1 unspecified atom stereocenters. The van der Waals surface area contributed by atoms with Gasteiger partial charge < -0.3 is 15.7 Å². The molecule has 0 radical (unpaired) electrons. The van der Waals surface area contributed by atoms with Crippen LogP contribution in [0.2, 0.25) is 0 Å². The summed E-state index contributed by atoms with van der Waals surface area (Å²) in [5.74, 6) is 0.218. The summed E-state index contributed by atoms with van der Waals surface area (Å²) >= 11 is 0. The molecule has 1 atom stereocenters. The molecule has 2 rings (SSSR count). The number of hydrogen-bond acceptors (Lipinski definition) is 3. The largest absolute Gasteiger partial charge is 0.396 e. The van der Waals surface area contributed by atoms with Crippen molar-refractivity contribution in [2.24, 2.45) is 11.3 Å². The van der Waals surface area contributed by atoms with E-state index in [2.05, 4.69) is 10.6 Å². The second-order valence-electron chi connectivity index (χ2n) is 7.54. The third kappa shape index (κ3) is 6.86. The molecule has 0 heterocycles. The van der Waals surface area contributed by atoms with Gasteiger partial charge in [0.25, 0.3) is 0 Å². The number of carbonyl (C=O) groups excluding carboxylic acids is 2. The summed E-state index contributed by atoms with van der Waals surface area (Å²) in [7, 11) is 0. The highest BCUT2D eigenvalue weighted by molar-refractivity contribution is 5.84. The molecule has 1 saturated carbocycles. The van der Waals surface area contributed by atoms with Gasteiger partial charge in [-0.1, -0.05) is 50.1 Å². The van der Waals surface area contributed by atoms with E-state index < -0.39 is 5.41 Å². The molecule has 0 spiro atoms. The summed E-state index contributed by atoms with van der Waals surface area (Å²) in [6, 6.07) is 9.91.